The van der Waals surface area contributed by atoms with Gasteiger partial charge in [0, 0.05) is 41.7 Å². The summed E-state index contributed by atoms with van der Waals surface area (Å²) in [5.74, 6) is 0. The first-order valence-electron chi connectivity index (χ1n) is 10.4. The molecule has 0 aliphatic carbocycles. The van der Waals surface area contributed by atoms with Crippen molar-refractivity contribution < 1.29 is 0 Å². The van der Waals surface area contributed by atoms with Gasteiger partial charge in [0.05, 0.1) is 21.3 Å². The van der Waals surface area contributed by atoms with Gasteiger partial charge in [0.2, 0.25) is 0 Å². The van der Waals surface area contributed by atoms with E-state index in [4.69, 9.17) is 4.98 Å². The Balaban J connectivity index is 1.64. The van der Waals surface area contributed by atoms with Crippen molar-refractivity contribution >= 4 is 96.4 Å². The summed E-state index contributed by atoms with van der Waals surface area (Å²) < 4.78 is 6.39. The van der Waals surface area contributed by atoms with E-state index in [1.165, 1.54) is 68.2 Å². The van der Waals surface area contributed by atoms with Gasteiger partial charge in [-0.3, -0.25) is 4.57 Å². The molecule has 0 unspecified atom stereocenters. The number of benzene rings is 6. The molecule has 6 aromatic carbocycles. The van der Waals surface area contributed by atoms with Gasteiger partial charge in [-0.2, -0.15) is 0 Å². The number of nitrogens with zero attached hydrogens (tertiary/aromatic N) is 2. The van der Waals surface area contributed by atoms with E-state index in [1.54, 1.807) is 11.3 Å². The molecule has 9 aromatic rings. The second kappa shape index (κ2) is 4.88. The van der Waals surface area contributed by atoms with E-state index in [1.807, 2.05) is 11.3 Å². The number of hydrogen-bond acceptors (Lipinski definition) is 3. The van der Waals surface area contributed by atoms with Crippen LogP contribution in [0.1, 0.15) is 0 Å². The Morgan fingerprint density at radius 1 is 0.516 bits per heavy atom. The molecule has 3 heterocycles. The summed E-state index contributed by atoms with van der Waals surface area (Å²) in [7, 11) is 0. The SMILES string of the molecule is c1ccc2sc(-n3c4ccc5ccc6sc7ccc8ccc3c3c8c7c6c5c34)nc2c1. The van der Waals surface area contributed by atoms with E-state index >= 15 is 0 Å². The second-order valence-corrected chi connectivity index (χ2v) is 10.5. The number of hydrogen-bond donors (Lipinski definition) is 0. The first kappa shape index (κ1) is 15.3. The Hall–Kier alpha value is -3.47. The van der Waals surface area contributed by atoms with Gasteiger partial charge >= 0.3 is 0 Å². The lowest BCUT2D eigenvalue weighted by Crippen LogP contribution is -1.92. The molecule has 0 N–H and O–H groups in total. The van der Waals surface area contributed by atoms with Crippen LogP contribution < -0.4 is 0 Å². The Kier molecular flexibility index (Phi) is 2.42. The van der Waals surface area contributed by atoms with Gasteiger partial charge in [-0.05, 0) is 47.2 Å². The minimum absolute atomic E-state index is 1.05. The van der Waals surface area contributed by atoms with E-state index < -0.39 is 0 Å². The lowest BCUT2D eigenvalue weighted by molar-refractivity contribution is 1.15. The second-order valence-electron chi connectivity index (χ2n) is 8.39. The molecular formula is C27H12N2S2. The molecule has 0 bridgehead atoms. The third kappa shape index (κ3) is 1.61. The fraction of sp³-hybridized carbons (Fsp3) is 0. The number of rotatable bonds is 1. The largest absolute Gasteiger partial charge is 0.285 e. The average molecular weight is 429 g/mol. The van der Waals surface area contributed by atoms with Crippen LogP contribution in [0.5, 0.6) is 0 Å². The molecule has 0 saturated carbocycles. The van der Waals surface area contributed by atoms with Crippen LogP contribution in [0, 0.1) is 0 Å². The summed E-state index contributed by atoms with van der Waals surface area (Å²) >= 11 is 3.69. The quantitative estimate of drug-likeness (QED) is 0.190. The number of fused-ring (bicyclic) bond motifs is 1. The van der Waals surface area contributed by atoms with Crippen LogP contribution in [0.4, 0.5) is 0 Å². The highest BCUT2D eigenvalue weighted by atomic mass is 32.1. The van der Waals surface area contributed by atoms with Crippen molar-refractivity contribution in [1.29, 1.82) is 0 Å². The van der Waals surface area contributed by atoms with Gasteiger partial charge < -0.3 is 0 Å². The monoisotopic (exact) mass is 428 g/mol. The highest BCUT2D eigenvalue weighted by Gasteiger charge is 2.25. The molecule has 0 radical (unpaired) electrons. The smallest absolute Gasteiger partial charge is 0.195 e. The highest BCUT2D eigenvalue weighted by molar-refractivity contribution is 7.26. The van der Waals surface area contributed by atoms with Gasteiger partial charge in [-0.1, -0.05) is 47.7 Å². The molecule has 0 atom stereocenters. The summed E-state index contributed by atoms with van der Waals surface area (Å²) in [5.41, 5.74) is 3.59. The van der Waals surface area contributed by atoms with E-state index in [0.717, 1.165) is 10.6 Å². The number of thiazole rings is 1. The van der Waals surface area contributed by atoms with Crippen molar-refractivity contribution in [2.45, 2.75) is 0 Å². The fourth-order valence-corrected chi connectivity index (χ4v) is 7.85. The molecule has 0 amide bonds. The summed E-state index contributed by atoms with van der Waals surface area (Å²) in [6.45, 7) is 0. The first-order chi connectivity index (χ1) is 15.4. The molecule has 0 fully saturated rings. The van der Waals surface area contributed by atoms with Crippen molar-refractivity contribution in [1.82, 2.24) is 9.55 Å². The molecule has 3 aromatic heterocycles. The molecule has 142 valence electrons. The Morgan fingerprint density at radius 3 is 1.77 bits per heavy atom. The molecular weight excluding hydrogens is 416 g/mol. The molecule has 0 aliphatic heterocycles. The zero-order valence-electron chi connectivity index (χ0n) is 16.1. The third-order valence-corrected chi connectivity index (χ3v) is 9.07. The summed E-state index contributed by atoms with van der Waals surface area (Å²) in [4.78, 5) is 5.04. The van der Waals surface area contributed by atoms with Gasteiger partial charge in [0.1, 0.15) is 0 Å². The standard InChI is InChI=1S/C27H12N2S2/c1-2-4-18-15(3-1)28-27(31-18)29-16-9-5-13-7-11-19-25-21(13)23(16)24-17(29)10-6-14-8-12-20(30-19)26(25)22(14)24/h1-12H. The first-order valence-corrected chi connectivity index (χ1v) is 12.0. The minimum Gasteiger partial charge on any atom is -0.285 e. The molecule has 4 heteroatoms. The maximum absolute atomic E-state index is 5.04. The lowest BCUT2D eigenvalue weighted by Gasteiger charge is -2.11. The van der Waals surface area contributed by atoms with E-state index in [0.29, 0.717) is 0 Å². The number of thiophene rings is 1. The molecule has 0 spiro atoms. The molecule has 9 rings (SSSR count). The van der Waals surface area contributed by atoms with Crippen molar-refractivity contribution in [2.24, 2.45) is 0 Å². The number of aromatic nitrogens is 2. The summed E-state index contributed by atoms with van der Waals surface area (Å²) in [6, 6.07) is 26.8. The van der Waals surface area contributed by atoms with Gasteiger partial charge in [0.25, 0.3) is 0 Å². The normalized spacial score (nSPS) is 13.2. The van der Waals surface area contributed by atoms with Crippen molar-refractivity contribution in [2.75, 3.05) is 0 Å². The molecule has 2 nitrogen and oxygen atoms in total. The van der Waals surface area contributed by atoms with E-state index in [-0.39, 0.29) is 0 Å². The van der Waals surface area contributed by atoms with Crippen molar-refractivity contribution in [3.05, 3.63) is 72.8 Å². The third-order valence-electron chi connectivity index (χ3n) is 6.93. The van der Waals surface area contributed by atoms with Crippen LogP contribution in [-0.2, 0) is 0 Å². The Labute approximate surface area is 183 Å². The van der Waals surface area contributed by atoms with Crippen LogP contribution in [0.15, 0.2) is 72.8 Å². The number of para-hydroxylation sites is 1. The van der Waals surface area contributed by atoms with E-state index in [9.17, 15) is 0 Å². The maximum Gasteiger partial charge on any atom is 0.195 e. The zero-order chi connectivity index (χ0) is 19.8. The Morgan fingerprint density at radius 2 is 1.13 bits per heavy atom. The van der Waals surface area contributed by atoms with Crippen LogP contribution in [-0.4, -0.2) is 9.55 Å². The van der Waals surface area contributed by atoms with Crippen molar-refractivity contribution in [3.8, 4) is 5.13 Å². The average Bonchev–Trinajstić information content (AvgIpc) is 3.49. The summed E-state index contributed by atoms with van der Waals surface area (Å²) in [5, 5.41) is 12.2. The highest BCUT2D eigenvalue weighted by Crippen LogP contribution is 2.52. The molecule has 0 aliphatic rings. The zero-order valence-corrected chi connectivity index (χ0v) is 17.8. The topological polar surface area (TPSA) is 17.8 Å². The molecule has 0 saturated heterocycles. The predicted molar refractivity (Wildman–Crippen MR) is 135 cm³/mol. The maximum atomic E-state index is 5.04. The van der Waals surface area contributed by atoms with Crippen LogP contribution >= 0.6 is 22.7 Å². The Bertz CT molecular complexity index is 1960. The van der Waals surface area contributed by atoms with Gasteiger partial charge in [-0.25, -0.2) is 4.98 Å². The molecule has 31 heavy (non-hydrogen) atoms. The van der Waals surface area contributed by atoms with Crippen LogP contribution in [0.3, 0.4) is 0 Å². The lowest BCUT2D eigenvalue weighted by atomic mass is 9.90. The van der Waals surface area contributed by atoms with E-state index in [2.05, 4.69) is 77.4 Å². The predicted octanol–water partition coefficient (Wildman–Crippen LogP) is 8.38. The van der Waals surface area contributed by atoms with Gasteiger partial charge in [-0.15, -0.1) is 11.3 Å². The van der Waals surface area contributed by atoms with Crippen LogP contribution in [0.25, 0.3) is 78.9 Å². The fourth-order valence-electron chi connectivity index (χ4n) is 5.73. The van der Waals surface area contributed by atoms with Crippen molar-refractivity contribution in [3.63, 3.8) is 0 Å². The van der Waals surface area contributed by atoms with Crippen LogP contribution in [0.2, 0.25) is 0 Å². The van der Waals surface area contributed by atoms with Gasteiger partial charge in [0.15, 0.2) is 5.13 Å². The minimum atomic E-state index is 1.05. The summed E-state index contributed by atoms with van der Waals surface area (Å²) in [6.07, 6.45) is 0.